The van der Waals surface area contributed by atoms with Crippen LogP contribution in [0, 0.1) is 13.8 Å². The number of halogens is 1. The van der Waals surface area contributed by atoms with Gasteiger partial charge in [0.2, 0.25) is 10.0 Å². The van der Waals surface area contributed by atoms with Crippen LogP contribution >= 0.6 is 27.3 Å². The molecular formula is C17H19BrN2O3S2. The summed E-state index contributed by atoms with van der Waals surface area (Å²) in [4.78, 5) is 16.8. The van der Waals surface area contributed by atoms with E-state index >= 15 is 0 Å². The molecule has 0 N–H and O–H groups in total. The van der Waals surface area contributed by atoms with Crippen molar-refractivity contribution in [2.75, 3.05) is 26.2 Å². The second kappa shape index (κ2) is 7.19. The lowest BCUT2D eigenvalue weighted by Crippen LogP contribution is -2.50. The highest BCUT2D eigenvalue weighted by molar-refractivity contribution is 9.10. The number of benzene rings is 1. The van der Waals surface area contributed by atoms with E-state index in [1.807, 2.05) is 19.9 Å². The van der Waals surface area contributed by atoms with Gasteiger partial charge in [-0.3, -0.25) is 4.79 Å². The molecule has 5 nitrogen and oxygen atoms in total. The van der Waals surface area contributed by atoms with E-state index < -0.39 is 10.0 Å². The summed E-state index contributed by atoms with van der Waals surface area (Å²) in [5, 5.41) is 0. The molecule has 1 fully saturated rings. The molecule has 0 aliphatic carbocycles. The molecule has 2 aromatic rings. The number of aryl methyl sites for hydroxylation is 2. The maximum absolute atomic E-state index is 12.7. The first-order valence-electron chi connectivity index (χ1n) is 7.91. The van der Waals surface area contributed by atoms with Gasteiger partial charge in [0.05, 0.1) is 10.5 Å². The SMILES string of the molecule is Cc1cc(C(=O)N2CCN(S(=O)(=O)c3cccc(Br)c3)CC2)c(C)s1. The molecule has 0 saturated carbocycles. The maximum Gasteiger partial charge on any atom is 0.255 e. The van der Waals surface area contributed by atoms with Gasteiger partial charge in [-0.25, -0.2) is 8.42 Å². The van der Waals surface area contributed by atoms with Crippen molar-refractivity contribution >= 4 is 43.2 Å². The van der Waals surface area contributed by atoms with E-state index in [2.05, 4.69) is 15.9 Å². The zero-order chi connectivity index (χ0) is 18.2. The van der Waals surface area contributed by atoms with Crippen molar-refractivity contribution in [1.29, 1.82) is 0 Å². The van der Waals surface area contributed by atoms with Gasteiger partial charge >= 0.3 is 0 Å². The molecule has 3 rings (SSSR count). The molecule has 1 amide bonds. The molecule has 0 unspecified atom stereocenters. The minimum absolute atomic E-state index is 0.0126. The number of hydrogen-bond donors (Lipinski definition) is 0. The molecule has 1 aliphatic heterocycles. The maximum atomic E-state index is 12.7. The predicted molar refractivity (Wildman–Crippen MR) is 103 cm³/mol. The van der Waals surface area contributed by atoms with Crippen LogP contribution in [-0.2, 0) is 10.0 Å². The molecule has 8 heteroatoms. The molecular weight excluding hydrogens is 424 g/mol. The van der Waals surface area contributed by atoms with E-state index in [0.717, 1.165) is 19.8 Å². The molecule has 0 radical (unpaired) electrons. The fraction of sp³-hybridized carbons (Fsp3) is 0.353. The summed E-state index contributed by atoms with van der Waals surface area (Å²) in [5.74, 6) is -0.0126. The molecule has 1 aromatic carbocycles. The molecule has 0 bridgehead atoms. The first kappa shape index (κ1) is 18.6. The van der Waals surface area contributed by atoms with Crippen LogP contribution in [0.3, 0.4) is 0 Å². The second-order valence-corrected chi connectivity index (χ2v) is 10.3. The quantitative estimate of drug-likeness (QED) is 0.732. The van der Waals surface area contributed by atoms with Crippen LogP contribution in [0.1, 0.15) is 20.1 Å². The Bertz CT molecular complexity index is 900. The normalized spacial score (nSPS) is 16.2. The summed E-state index contributed by atoms with van der Waals surface area (Å²) in [6.45, 7) is 5.35. The van der Waals surface area contributed by atoms with Crippen molar-refractivity contribution in [2.45, 2.75) is 18.7 Å². The van der Waals surface area contributed by atoms with Crippen molar-refractivity contribution in [2.24, 2.45) is 0 Å². The van der Waals surface area contributed by atoms with Crippen molar-refractivity contribution in [3.63, 3.8) is 0 Å². The second-order valence-electron chi connectivity index (χ2n) is 5.98. The fourth-order valence-corrected chi connectivity index (χ4v) is 5.86. The van der Waals surface area contributed by atoms with Crippen molar-refractivity contribution in [1.82, 2.24) is 9.21 Å². The van der Waals surface area contributed by atoms with Gasteiger partial charge in [0.15, 0.2) is 0 Å². The highest BCUT2D eigenvalue weighted by atomic mass is 79.9. The fourth-order valence-electron chi connectivity index (χ4n) is 2.92. The van der Waals surface area contributed by atoms with Crippen LogP contribution in [-0.4, -0.2) is 49.7 Å². The molecule has 134 valence electrons. The minimum Gasteiger partial charge on any atom is -0.336 e. The Labute approximate surface area is 160 Å². The third-order valence-corrected chi connectivity index (χ3v) is 7.58. The third kappa shape index (κ3) is 3.81. The smallest absolute Gasteiger partial charge is 0.255 e. The lowest BCUT2D eigenvalue weighted by Gasteiger charge is -2.34. The number of amides is 1. The van der Waals surface area contributed by atoms with Crippen LogP contribution in [0.15, 0.2) is 39.7 Å². The number of nitrogens with zero attached hydrogens (tertiary/aromatic N) is 2. The summed E-state index contributed by atoms with van der Waals surface area (Å²) in [7, 11) is -3.53. The Morgan fingerprint density at radius 2 is 1.80 bits per heavy atom. The first-order valence-corrected chi connectivity index (χ1v) is 11.0. The van der Waals surface area contributed by atoms with Gasteiger partial charge in [-0.2, -0.15) is 4.31 Å². The number of thiophene rings is 1. The average molecular weight is 443 g/mol. The van der Waals surface area contributed by atoms with Gasteiger partial charge in [-0.1, -0.05) is 22.0 Å². The molecule has 2 heterocycles. The van der Waals surface area contributed by atoms with Gasteiger partial charge in [-0.15, -0.1) is 11.3 Å². The number of carbonyl (C=O) groups is 1. The molecule has 1 aliphatic rings. The van der Waals surface area contributed by atoms with Gasteiger partial charge in [0, 0.05) is 40.4 Å². The highest BCUT2D eigenvalue weighted by Gasteiger charge is 2.31. The average Bonchev–Trinajstić information content (AvgIpc) is 2.92. The summed E-state index contributed by atoms with van der Waals surface area (Å²) in [6.07, 6.45) is 0. The molecule has 25 heavy (non-hydrogen) atoms. The standard InChI is InChI=1S/C17H19BrN2O3S2/c1-12-10-16(13(2)24-12)17(21)19-6-8-20(9-7-19)25(22,23)15-5-3-4-14(18)11-15/h3-5,10-11H,6-9H2,1-2H3. The largest absolute Gasteiger partial charge is 0.336 e. The van der Waals surface area contributed by atoms with Crippen LogP contribution in [0.25, 0.3) is 0 Å². The Balaban J connectivity index is 1.71. The third-order valence-electron chi connectivity index (χ3n) is 4.23. The van der Waals surface area contributed by atoms with E-state index in [0.29, 0.717) is 26.2 Å². The van der Waals surface area contributed by atoms with E-state index in [9.17, 15) is 13.2 Å². The Morgan fingerprint density at radius 3 is 2.36 bits per heavy atom. The van der Waals surface area contributed by atoms with Gasteiger partial charge in [0.25, 0.3) is 5.91 Å². The Morgan fingerprint density at radius 1 is 1.12 bits per heavy atom. The van der Waals surface area contributed by atoms with Crippen LogP contribution in [0.5, 0.6) is 0 Å². The number of hydrogen-bond acceptors (Lipinski definition) is 4. The Hall–Kier alpha value is -1.22. The van der Waals surface area contributed by atoms with E-state index in [4.69, 9.17) is 0 Å². The van der Waals surface area contributed by atoms with Crippen molar-refractivity contribution < 1.29 is 13.2 Å². The number of sulfonamides is 1. The Kier molecular flexibility index (Phi) is 5.34. The van der Waals surface area contributed by atoms with Crippen LogP contribution < -0.4 is 0 Å². The number of carbonyl (C=O) groups excluding carboxylic acids is 1. The van der Waals surface area contributed by atoms with Gasteiger partial charge in [0.1, 0.15) is 0 Å². The molecule has 0 atom stereocenters. The molecule has 0 spiro atoms. The van der Waals surface area contributed by atoms with E-state index in [1.165, 1.54) is 4.31 Å². The summed E-state index contributed by atoms with van der Waals surface area (Å²) >= 11 is 4.91. The van der Waals surface area contributed by atoms with Crippen molar-refractivity contribution in [3.8, 4) is 0 Å². The van der Waals surface area contributed by atoms with E-state index in [-0.39, 0.29) is 10.8 Å². The zero-order valence-corrected chi connectivity index (χ0v) is 17.2. The van der Waals surface area contributed by atoms with E-state index in [1.54, 1.807) is 40.5 Å². The monoisotopic (exact) mass is 442 g/mol. The van der Waals surface area contributed by atoms with Crippen LogP contribution in [0.2, 0.25) is 0 Å². The number of piperazine rings is 1. The zero-order valence-electron chi connectivity index (χ0n) is 14.0. The van der Waals surface area contributed by atoms with Crippen LogP contribution in [0.4, 0.5) is 0 Å². The predicted octanol–water partition coefficient (Wildman–Crippen LogP) is 3.27. The number of rotatable bonds is 3. The lowest BCUT2D eigenvalue weighted by atomic mass is 10.2. The lowest BCUT2D eigenvalue weighted by molar-refractivity contribution is 0.0697. The molecule has 1 aromatic heterocycles. The highest BCUT2D eigenvalue weighted by Crippen LogP contribution is 2.24. The topological polar surface area (TPSA) is 57.7 Å². The molecule has 1 saturated heterocycles. The first-order chi connectivity index (χ1) is 11.8. The van der Waals surface area contributed by atoms with Crippen molar-refractivity contribution in [3.05, 3.63) is 50.1 Å². The summed E-state index contributed by atoms with van der Waals surface area (Å²) < 4.78 is 27.7. The van der Waals surface area contributed by atoms with Gasteiger partial charge < -0.3 is 4.90 Å². The summed E-state index contributed by atoms with van der Waals surface area (Å²) in [6, 6.07) is 8.60. The van der Waals surface area contributed by atoms with Gasteiger partial charge in [-0.05, 0) is 38.1 Å². The summed E-state index contributed by atoms with van der Waals surface area (Å²) in [5.41, 5.74) is 0.728. The minimum atomic E-state index is -3.53.